The maximum absolute atomic E-state index is 14.9. The zero-order valence-electron chi connectivity index (χ0n) is 37.2. The lowest BCUT2D eigenvalue weighted by Gasteiger charge is -2.70. The smallest absolute Gasteiger partial charge is 0.353 e. The van der Waals surface area contributed by atoms with E-state index in [-0.39, 0.29) is 50.3 Å². The number of benzene rings is 2. The number of rotatable bonds is 6. The van der Waals surface area contributed by atoms with Gasteiger partial charge in [-0.05, 0) is 145 Å². The number of amides is 1. The summed E-state index contributed by atoms with van der Waals surface area (Å²) in [6, 6.07) is 14.5. The lowest BCUT2D eigenvalue weighted by molar-refractivity contribution is -0.168. The van der Waals surface area contributed by atoms with Crippen molar-refractivity contribution in [2.75, 3.05) is 13.1 Å². The van der Waals surface area contributed by atoms with Crippen LogP contribution in [0.25, 0.3) is 0 Å². The van der Waals surface area contributed by atoms with Crippen LogP contribution in [0.5, 0.6) is 0 Å². The number of carbonyl (C=O) groups excluding carboxylic acids is 1. The number of hydrogen-bond acceptors (Lipinski definition) is 5. The van der Waals surface area contributed by atoms with Crippen molar-refractivity contribution in [3.05, 3.63) is 94.8 Å². The van der Waals surface area contributed by atoms with Crippen LogP contribution in [-0.4, -0.2) is 47.5 Å². The van der Waals surface area contributed by atoms with Crippen LogP contribution >= 0.6 is 0 Å². The third kappa shape index (κ3) is 6.70. The molecule has 5 aliphatic carbocycles. The molecule has 1 N–H and O–H groups in total. The first kappa shape index (κ1) is 42.8. The summed E-state index contributed by atoms with van der Waals surface area (Å²) in [7, 11) is -4.22. The minimum atomic E-state index is -4.56. The zero-order valence-corrected chi connectivity index (χ0v) is 38.0. The standard InChI is InChI=1S/C50H65F3N4O3S/c1-44(2)23-25-49(43(58)54-36-20-27-56(28-21-36)31-33-11-9-8-10-12-33)26-24-47(6)38(39(49)30-44)17-18-41-46(5)29-34-32-57(55-42(34)45(3,4)40(46)19-22-48(41,47)7)61(59,60)37-15-13-35(14-16-37)50(51,52)53/h8-17,32,36,39-41H,18-31H2,1-7H3,(H,54,58)/t39-,40-,41+,46-,47+,48+,49-/m0/s1. The molecule has 11 heteroatoms. The van der Waals surface area contributed by atoms with Gasteiger partial charge in [0.05, 0.1) is 21.6 Å². The molecule has 1 aliphatic heterocycles. The molecule has 4 fully saturated rings. The summed E-state index contributed by atoms with van der Waals surface area (Å²) in [5.41, 5.74) is 2.66. The maximum Gasteiger partial charge on any atom is 0.416 e. The van der Waals surface area contributed by atoms with E-state index in [1.807, 2.05) is 0 Å². The number of halogens is 3. The van der Waals surface area contributed by atoms with Crippen LogP contribution < -0.4 is 5.32 Å². The van der Waals surface area contributed by atoms with Gasteiger partial charge < -0.3 is 5.32 Å². The summed E-state index contributed by atoms with van der Waals surface area (Å²) in [6.07, 6.45) is 10.1. The highest BCUT2D eigenvalue weighted by Crippen LogP contribution is 2.75. The monoisotopic (exact) mass is 858 g/mol. The lowest BCUT2D eigenvalue weighted by Crippen LogP contribution is -2.65. The number of carbonyl (C=O) groups is 1. The largest absolute Gasteiger partial charge is 0.416 e. The SMILES string of the molecule is CC1(C)CC[C@]2(C(=O)NC3CCN(Cc4ccccc4)CC3)CC[C@]3(C)C(=CC[C@@H]4[C@@]5(C)Cc6cn(S(=O)(=O)c7ccc(C(F)(F)F)cc7)nc6C(C)(C)[C@@H]5CC[C@]43C)[C@@H]2C1. The molecule has 7 nitrogen and oxygen atoms in total. The molecule has 3 saturated carbocycles. The number of alkyl halides is 3. The third-order valence-electron chi connectivity index (χ3n) is 18.1. The Morgan fingerprint density at radius 1 is 0.852 bits per heavy atom. The summed E-state index contributed by atoms with van der Waals surface area (Å²) in [6.45, 7) is 19.6. The number of nitrogens with zero attached hydrogens (tertiary/aromatic N) is 3. The molecule has 6 aliphatic rings. The highest BCUT2D eigenvalue weighted by atomic mass is 32.2. The molecule has 61 heavy (non-hydrogen) atoms. The third-order valence-corrected chi connectivity index (χ3v) is 19.6. The molecule has 1 amide bonds. The molecule has 1 aromatic heterocycles. The number of nitrogens with one attached hydrogen (secondary N) is 1. The van der Waals surface area contributed by atoms with Gasteiger partial charge in [0, 0.05) is 37.3 Å². The van der Waals surface area contributed by atoms with Gasteiger partial charge in [-0.25, -0.2) is 0 Å². The molecule has 0 unspecified atom stereocenters. The molecule has 0 bridgehead atoms. The van der Waals surface area contributed by atoms with Gasteiger partial charge in [0.15, 0.2) is 0 Å². The molecular formula is C50H65F3N4O3S. The zero-order chi connectivity index (χ0) is 43.6. The summed E-state index contributed by atoms with van der Waals surface area (Å²) >= 11 is 0. The van der Waals surface area contributed by atoms with E-state index in [9.17, 15) is 26.4 Å². The minimum absolute atomic E-state index is 0.0337. The summed E-state index contributed by atoms with van der Waals surface area (Å²) in [5, 5.41) is 8.41. The fraction of sp³-hybridized carbons (Fsp3) is 0.640. The van der Waals surface area contributed by atoms with E-state index in [0.29, 0.717) is 12.3 Å². The molecular weight excluding hydrogens is 794 g/mol. The van der Waals surface area contributed by atoms with Gasteiger partial charge in [0.25, 0.3) is 10.0 Å². The van der Waals surface area contributed by atoms with Crippen molar-refractivity contribution in [3.63, 3.8) is 0 Å². The highest BCUT2D eigenvalue weighted by molar-refractivity contribution is 7.89. The average Bonchev–Trinajstić information content (AvgIpc) is 3.64. The van der Waals surface area contributed by atoms with E-state index < -0.39 is 32.6 Å². The fourth-order valence-electron chi connectivity index (χ4n) is 14.5. The molecule has 3 aromatic rings. The molecule has 7 atom stereocenters. The van der Waals surface area contributed by atoms with Gasteiger partial charge in [-0.3, -0.25) is 9.69 Å². The van der Waals surface area contributed by atoms with E-state index in [0.717, 1.165) is 123 Å². The number of allylic oxidation sites excluding steroid dienone is 2. The fourth-order valence-corrected chi connectivity index (χ4v) is 15.7. The van der Waals surface area contributed by atoms with Crippen LogP contribution in [0, 0.1) is 44.8 Å². The number of hydrogen-bond donors (Lipinski definition) is 1. The van der Waals surface area contributed by atoms with Crippen molar-refractivity contribution in [1.82, 2.24) is 19.4 Å². The second-order valence-electron chi connectivity index (χ2n) is 22.2. The lowest BCUT2D eigenvalue weighted by atomic mass is 9.33. The second kappa shape index (κ2) is 14.3. The number of aromatic nitrogens is 2. The van der Waals surface area contributed by atoms with E-state index in [1.165, 1.54) is 11.1 Å². The predicted molar refractivity (Wildman–Crippen MR) is 232 cm³/mol. The van der Waals surface area contributed by atoms with Gasteiger partial charge in [-0.1, -0.05) is 90.4 Å². The average molecular weight is 859 g/mol. The van der Waals surface area contributed by atoms with Crippen LogP contribution in [0.3, 0.4) is 0 Å². The van der Waals surface area contributed by atoms with Gasteiger partial charge in [-0.2, -0.15) is 30.8 Å². The van der Waals surface area contributed by atoms with E-state index in [2.05, 4.69) is 95.1 Å². The minimum Gasteiger partial charge on any atom is -0.353 e. The van der Waals surface area contributed by atoms with Crippen molar-refractivity contribution in [2.24, 2.45) is 44.8 Å². The molecule has 9 rings (SSSR count). The molecule has 1 saturated heterocycles. The van der Waals surface area contributed by atoms with Gasteiger partial charge in [0.2, 0.25) is 5.91 Å². The maximum atomic E-state index is 14.9. The number of likely N-dealkylation sites (tertiary alicyclic amines) is 1. The van der Waals surface area contributed by atoms with Gasteiger partial charge >= 0.3 is 6.18 Å². The Morgan fingerprint density at radius 2 is 1.52 bits per heavy atom. The quantitative estimate of drug-likeness (QED) is 0.250. The Kier molecular flexibility index (Phi) is 10.0. The Bertz CT molecular complexity index is 2330. The molecule has 2 aromatic carbocycles. The second-order valence-corrected chi connectivity index (χ2v) is 24.0. The number of piperidine rings is 1. The summed E-state index contributed by atoms with van der Waals surface area (Å²) < 4.78 is 68.8. The molecule has 330 valence electrons. The van der Waals surface area contributed by atoms with Crippen LogP contribution in [-0.2, 0) is 39.4 Å². The first-order valence-electron chi connectivity index (χ1n) is 22.8. The first-order chi connectivity index (χ1) is 28.5. The Morgan fingerprint density at radius 3 is 2.20 bits per heavy atom. The van der Waals surface area contributed by atoms with Crippen molar-refractivity contribution in [2.45, 2.75) is 148 Å². The van der Waals surface area contributed by atoms with Gasteiger partial charge in [-0.15, -0.1) is 0 Å². The Balaban J connectivity index is 0.990. The predicted octanol–water partition coefficient (Wildman–Crippen LogP) is 10.7. The first-order valence-corrected chi connectivity index (χ1v) is 24.3. The summed E-state index contributed by atoms with van der Waals surface area (Å²) in [4.78, 5) is 17.2. The van der Waals surface area contributed by atoms with Crippen LogP contribution in [0.1, 0.15) is 135 Å². The van der Waals surface area contributed by atoms with Crippen LogP contribution in [0.15, 0.2) is 77.3 Å². The molecule has 0 spiro atoms. The van der Waals surface area contributed by atoms with Crippen LogP contribution in [0.4, 0.5) is 13.2 Å². The van der Waals surface area contributed by atoms with Crippen molar-refractivity contribution >= 4 is 15.9 Å². The van der Waals surface area contributed by atoms with Crippen molar-refractivity contribution in [3.8, 4) is 0 Å². The Labute approximate surface area is 361 Å². The molecule has 2 heterocycles. The highest BCUT2D eigenvalue weighted by Gasteiger charge is 2.69. The summed E-state index contributed by atoms with van der Waals surface area (Å²) in [5.74, 6) is 1.06. The van der Waals surface area contributed by atoms with Crippen LogP contribution in [0.2, 0.25) is 0 Å². The van der Waals surface area contributed by atoms with Crippen molar-refractivity contribution in [1.29, 1.82) is 0 Å². The van der Waals surface area contributed by atoms with E-state index >= 15 is 0 Å². The molecule has 0 radical (unpaired) electrons. The van der Waals surface area contributed by atoms with E-state index in [4.69, 9.17) is 5.10 Å². The normalized spacial score (nSPS) is 34.8. The van der Waals surface area contributed by atoms with E-state index in [1.54, 1.807) is 6.20 Å². The van der Waals surface area contributed by atoms with Crippen molar-refractivity contribution < 1.29 is 26.4 Å². The van der Waals surface area contributed by atoms with Gasteiger partial charge in [0.1, 0.15) is 0 Å². The Hall–Kier alpha value is -3.44. The topological polar surface area (TPSA) is 84.3 Å². The number of fused-ring (bicyclic) bond motifs is 8.